The van der Waals surface area contributed by atoms with Crippen LogP contribution in [0.5, 0.6) is 5.75 Å². The minimum atomic E-state index is -3.51. The van der Waals surface area contributed by atoms with Gasteiger partial charge >= 0.3 is 0 Å². The van der Waals surface area contributed by atoms with Gasteiger partial charge in [0.15, 0.2) is 9.84 Å². The Morgan fingerprint density at radius 3 is 2.32 bits per heavy atom. The summed E-state index contributed by atoms with van der Waals surface area (Å²) in [7, 11) is -5.40. The monoisotopic (exact) mass is 307 g/mol. The fourth-order valence-corrected chi connectivity index (χ4v) is 4.55. The van der Waals surface area contributed by atoms with E-state index in [0.717, 1.165) is 6.26 Å². The second-order valence-electron chi connectivity index (χ2n) is 4.29. The molecule has 1 aromatic rings. The fraction of sp³-hybridized carbons (Fsp3) is 0.455. The molecule has 0 unspecified atom stereocenters. The van der Waals surface area contributed by atoms with Crippen molar-refractivity contribution >= 4 is 25.4 Å². The molecule has 2 N–H and O–H groups in total. The van der Waals surface area contributed by atoms with Crippen molar-refractivity contribution in [1.82, 2.24) is 0 Å². The number of hydrogen-bond donors (Lipinski definition) is 1. The van der Waals surface area contributed by atoms with E-state index in [-0.39, 0.29) is 11.5 Å². The molecule has 8 heteroatoms. The quantitative estimate of drug-likeness (QED) is 0.755. The van der Waals surface area contributed by atoms with Crippen LogP contribution in [0.1, 0.15) is 5.56 Å². The van der Waals surface area contributed by atoms with Gasteiger partial charge in [-0.2, -0.15) is 0 Å². The van der Waals surface area contributed by atoms with E-state index in [2.05, 4.69) is 0 Å². The van der Waals surface area contributed by atoms with Crippen LogP contribution in [0.4, 0.5) is 5.69 Å². The predicted molar refractivity (Wildman–Crippen MR) is 74.6 cm³/mol. The zero-order valence-electron chi connectivity index (χ0n) is 10.8. The normalized spacial score (nSPS) is 12.3. The average Bonchev–Trinajstić information content (AvgIpc) is 2.28. The molecule has 19 heavy (non-hydrogen) atoms. The van der Waals surface area contributed by atoms with Crippen LogP contribution < -0.4 is 10.5 Å². The molecule has 0 fully saturated rings. The summed E-state index contributed by atoms with van der Waals surface area (Å²) in [6.07, 6.45) is 1.01. The van der Waals surface area contributed by atoms with Crippen molar-refractivity contribution in [1.29, 1.82) is 0 Å². The Bertz CT molecular complexity index is 650. The highest BCUT2D eigenvalue weighted by atomic mass is 32.2. The first-order chi connectivity index (χ1) is 8.63. The van der Waals surface area contributed by atoms with Crippen LogP contribution in [-0.4, -0.2) is 41.7 Å². The molecule has 0 bridgehead atoms. The molecule has 0 saturated carbocycles. The number of methoxy groups -OCH3 is 1. The molecular weight excluding hydrogens is 290 g/mol. The molecule has 0 radical (unpaired) electrons. The van der Waals surface area contributed by atoms with E-state index in [1.807, 2.05) is 0 Å². The third-order valence-electron chi connectivity index (χ3n) is 2.45. The minimum absolute atomic E-state index is 0.272. The van der Waals surface area contributed by atoms with E-state index >= 15 is 0 Å². The Morgan fingerprint density at radius 1 is 1.16 bits per heavy atom. The lowest BCUT2D eigenvalue weighted by atomic mass is 10.2. The summed E-state index contributed by atoms with van der Waals surface area (Å²) in [6.45, 7) is 0. The Morgan fingerprint density at radius 2 is 1.79 bits per heavy atom. The van der Waals surface area contributed by atoms with Crippen molar-refractivity contribution in [3.63, 3.8) is 0 Å². The highest BCUT2D eigenvalue weighted by Gasteiger charge is 2.17. The highest BCUT2D eigenvalue weighted by molar-refractivity contribution is 7.94. The first-order valence-corrected chi connectivity index (χ1v) is 9.32. The molecule has 0 heterocycles. The van der Waals surface area contributed by atoms with Crippen LogP contribution >= 0.6 is 0 Å². The summed E-state index contributed by atoms with van der Waals surface area (Å²) in [5, 5.41) is 0. The molecule has 0 aliphatic rings. The topological polar surface area (TPSA) is 104 Å². The van der Waals surface area contributed by atoms with Crippen LogP contribution in [-0.2, 0) is 25.4 Å². The number of hydrogen-bond acceptors (Lipinski definition) is 6. The van der Waals surface area contributed by atoms with Crippen LogP contribution in [0.2, 0.25) is 0 Å². The number of anilines is 1. The van der Waals surface area contributed by atoms with E-state index in [1.54, 1.807) is 12.1 Å². The maximum absolute atomic E-state index is 11.8. The molecule has 0 aliphatic heterocycles. The summed E-state index contributed by atoms with van der Waals surface area (Å²) in [5.41, 5.74) is 6.50. The third kappa shape index (κ3) is 5.48. The molecule has 6 nitrogen and oxygen atoms in total. The molecule has 0 amide bonds. The summed E-state index contributed by atoms with van der Waals surface area (Å²) in [5.74, 6) is -0.680. The Balaban J connectivity index is 2.90. The molecule has 1 aromatic carbocycles. The van der Waals surface area contributed by atoms with Crippen molar-refractivity contribution < 1.29 is 21.6 Å². The molecule has 0 aromatic heterocycles. The van der Waals surface area contributed by atoms with Gasteiger partial charge in [-0.15, -0.1) is 0 Å². The maximum atomic E-state index is 11.8. The van der Waals surface area contributed by atoms with Crippen LogP contribution in [0.3, 0.4) is 0 Å². The molecule has 0 aliphatic carbocycles. The lowest BCUT2D eigenvalue weighted by molar-refractivity contribution is 0.411. The van der Waals surface area contributed by atoms with Gasteiger partial charge in [-0.1, -0.05) is 6.07 Å². The van der Waals surface area contributed by atoms with Gasteiger partial charge in [-0.25, -0.2) is 16.8 Å². The van der Waals surface area contributed by atoms with Crippen molar-refractivity contribution in [2.24, 2.45) is 0 Å². The zero-order chi connectivity index (χ0) is 14.7. The van der Waals surface area contributed by atoms with Gasteiger partial charge < -0.3 is 10.5 Å². The predicted octanol–water partition coefficient (Wildman–Crippen LogP) is 0.237. The molecular formula is C11H17NO5S2. The largest absolute Gasteiger partial charge is 0.496 e. The number of benzene rings is 1. The average molecular weight is 307 g/mol. The highest BCUT2D eigenvalue weighted by Crippen LogP contribution is 2.23. The number of nitrogens with two attached hydrogens (primary N) is 1. The standard InChI is InChI=1S/C11H17NO5S2/c1-17-11-7-10(12)4-3-9(11)8-19(15,16)6-5-18(2,13)14/h3-4,7H,5-6,8,12H2,1-2H3. The lowest BCUT2D eigenvalue weighted by Crippen LogP contribution is -2.18. The summed E-state index contributed by atoms with van der Waals surface area (Å²) in [6, 6.07) is 4.66. The summed E-state index contributed by atoms with van der Waals surface area (Å²) < 4.78 is 50.7. The van der Waals surface area contributed by atoms with Gasteiger partial charge in [0.25, 0.3) is 0 Å². The number of ether oxygens (including phenoxy) is 1. The van der Waals surface area contributed by atoms with E-state index in [1.165, 1.54) is 13.2 Å². The van der Waals surface area contributed by atoms with Crippen LogP contribution in [0, 0.1) is 0 Å². The van der Waals surface area contributed by atoms with Crippen LogP contribution in [0.25, 0.3) is 0 Å². The molecule has 0 saturated heterocycles. The van der Waals surface area contributed by atoms with Gasteiger partial charge in [0, 0.05) is 23.6 Å². The van der Waals surface area contributed by atoms with Gasteiger partial charge in [0.1, 0.15) is 15.6 Å². The number of rotatable bonds is 6. The van der Waals surface area contributed by atoms with Gasteiger partial charge in [-0.3, -0.25) is 0 Å². The second-order valence-corrected chi connectivity index (χ2v) is 8.74. The first-order valence-electron chi connectivity index (χ1n) is 5.43. The van der Waals surface area contributed by atoms with Crippen molar-refractivity contribution in [2.45, 2.75) is 5.75 Å². The summed E-state index contributed by atoms with van der Waals surface area (Å²) >= 11 is 0. The van der Waals surface area contributed by atoms with E-state index in [4.69, 9.17) is 10.5 Å². The maximum Gasteiger partial charge on any atom is 0.155 e. The number of sulfone groups is 2. The first kappa shape index (κ1) is 15.8. The molecule has 1 rings (SSSR count). The molecule has 0 spiro atoms. The SMILES string of the molecule is COc1cc(N)ccc1CS(=O)(=O)CCS(C)(=O)=O. The number of nitrogen functional groups attached to an aromatic ring is 1. The Hall–Kier alpha value is -1.28. The third-order valence-corrected chi connectivity index (χ3v) is 5.23. The Labute approximate surface area is 113 Å². The van der Waals surface area contributed by atoms with Gasteiger partial charge in [0.05, 0.1) is 24.4 Å². The van der Waals surface area contributed by atoms with E-state index in [0.29, 0.717) is 17.0 Å². The Kier molecular flexibility index (Phi) is 4.81. The lowest BCUT2D eigenvalue weighted by Gasteiger charge is -2.09. The van der Waals surface area contributed by atoms with Crippen LogP contribution in [0.15, 0.2) is 18.2 Å². The van der Waals surface area contributed by atoms with Crippen molar-refractivity contribution in [3.05, 3.63) is 23.8 Å². The minimum Gasteiger partial charge on any atom is -0.496 e. The van der Waals surface area contributed by atoms with E-state index in [9.17, 15) is 16.8 Å². The molecule has 108 valence electrons. The summed E-state index contributed by atoms with van der Waals surface area (Å²) in [4.78, 5) is 0. The zero-order valence-corrected chi connectivity index (χ0v) is 12.4. The smallest absolute Gasteiger partial charge is 0.155 e. The van der Waals surface area contributed by atoms with Gasteiger partial charge in [0.2, 0.25) is 0 Å². The molecule has 0 atom stereocenters. The van der Waals surface area contributed by atoms with Gasteiger partial charge in [-0.05, 0) is 6.07 Å². The second kappa shape index (κ2) is 5.79. The fourth-order valence-electron chi connectivity index (χ4n) is 1.47. The van der Waals surface area contributed by atoms with Crippen molar-refractivity contribution in [3.8, 4) is 5.75 Å². The van der Waals surface area contributed by atoms with Crippen molar-refractivity contribution in [2.75, 3.05) is 30.6 Å². The van der Waals surface area contributed by atoms with E-state index < -0.39 is 25.4 Å².